The number of anilines is 1. The number of carbonyl (C=O) groups is 1. The molecule has 4 rings (SSSR count). The summed E-state index contributed by atoms with van der Waals surface area (Å²) >= 11 is 1.43. The number of ether oxygens (including phenoxy) is 1. The van der Waals surface area contributed by atoms with Crippen molar-refractivity contribution in [1.29, 1.82) is 0 Å². The van der Waals surface area contributed by atoms with Gasteiger partial charge in [-0.25, -0.2) is 15.0 Å². The van der Waals surface area contributed by atoms with Crippen molar-refractivity contribution < 1.29 is 9.53 Å². The monoisotopic (exact) mass is 491 g/mol. The minimum absolute atomic E-state index is 0.0903. The molecular formula is C25H29N7O2S. The van der Waals surface area contributed by atoms with Crippen molar-refractivity contribution in [2.45, 2.75) is 38.6 Å². The number of fused-ring (bicyclic) bond motifs is 1. The first-order valence-electron chi connectivity index (χ1n) is 11.3. The molecule has 182 valence electrons. The van der Waals surface area contributed by atoms with Crippen LogP contribution < -0.4 is 21.1 Å². The molecule has 0 saturated heterocycles. The highest BCUT2D eigenvalue weighted by Crippen LogP contribution is 2.36. The molecular weight excluding hydrogens is 462 g/mol. The van der Waals surface area contributed by atoms with Gasteiger partial charge in [-0.2, -0.15) is 0 Å². The minimum Gasteiger partial charge on any atom is -0.493 e. The van der Waals surface area contributed by atoms with Crippen LogP contribution in [-0.4, -0.2) is 40.7 Å². The van der Waals surface area contributed by atoms with E-state index in [0.29, 0.717) is 29.6 Å². The number of benzene rings is 1. The van der Waals surface area contributed by atoms with Crippen LogP contribution in [0.1, 0.15) is 53.5 Å². The van der Waals surface area contributed by atoms with Gasteiger partial charge in [-0.05, 0) is 12.1 Å². The van der Waals surface area contributed by atoms with E-state index in [9.17, 15) is 4.79 Å². The van der Waals surface area contributed by atoms with Gasteiger partial charge in [-0.1, -0.05) is 32.9 Å². The van der Waals surface area contributed by atoms with Gasteiger partial charge in [-0.15, -0.1) is 11.3 Å². The lowest BCUT2D eigenvalue weighted by Gasteiger charge is -2.27. The van der Waals surface area contributed by atoms with Crippen molar-refractivity contribution in [1.82, 2.24) is 20.3 Å². The van der Waals surface area contributed by atoms with Crippen LogP contribution >= 0.6 is 11.3 Å². The molecule has 1 unspecified atom stereocenters. The Balaban J connectivity index is 1.53. The first kappa shape index (κ1) is 24.3. The van der Waals surface area contributed by atoms with Gasteiger partial charge in [0.25, 0.3) is 5.91 Å². The number of nitrogens with zero attached hydrogens (tertiary/aromatic N) is 4. The molecule has 10 heteroatoms. The maximum atomic E-state index is 12.9. The highest BCUT2D eigenvalue weighted by Gasteiger charge is 2.26. The molecule has 0 spiro atoms. The second-order valence-electron chi connectivity index (χ2n) is 9.10. The summed E-state index contributed by atoms with van der Waals surface area (Å²) in [6.07, 6.45) is 7.01. The lowest BCUT2D eigenvalue weighted by molar-refractivity contribution is 0.0928. The van der Waals surface area contributed by atoms with Gasteiger partial charge in [0.1, 0.15) is 10.6 Å². The van der Waals surface area contributed by atoms with Crippen LogP contribution in [0.15, 0.2) is 53.5 Å². The third-order valence-corrected chi connectivity index (χ3v) is 6.81. The van der Waals surface area contributed by atoms with Crippen LogP contribution in [0.3, 0.4) is 0 Å². The van der Waals surface area contributed by atoms with E-state index in [2.05, 4.69) is 51.3 Å². The molecule has 1 aliphatic heterocycles. The molecule has 0 aliphatic carbocycles. The first-order valence-corrected chi connectivity index (χ1v) is 12.1. The van der Waals surface area contributed by atoms with Gasteiger partial charge < -0.3 is 21.1 Å². The molecule has 35 heavy (non-hydrogen) atoms. The maximum absolute atomic E-state index is 12.9. The quantitative estimate of drug-likeness (QED) is 0.444. The molecule has 0 saturated carbocycles. The number of rotatable bonds is 6. The van der Waals surface area contributed by atoms with E-state index in [1.54, 1.807) is 25.7 Å². The summed E-state index contributed by atoms with van der Waals surface area (Å²) in [6, 6.07) is 7.57. The average Bonchev–Trinajstić information content (AvgIpc) is 3.35. The van der Waals surface area contributed by atoms with Crippen molar-refractivity contribution in [3.05, 3.63) is 64.0 Å². The second-order valence-corrected chi connectivity index (χ2v) is 10.1. The number of aromatic nitrogens is 3. The average molecular weight is 492 g/mol. The van der Waals surface area contributed by atoms with Crippen LogP contribution in [0.2, 0.25) is 0 Å². The number of hydrogen-bond acceptors (Lipinski definition) is 9. The van der Waals surface area contributed by atoms with Crippen LogP contribution in [0, 0.1) is 0 Å². The molecule has 0 bridgehead atoms. The molecule has 0 fully saturated rings. The van der Waals surface area contributed by atoms with Crippen molar-refractivity contribution in [3.63, 3.8) is 0 Å². The molecule has 1 aliphatic rings. The SMILES string of the molecule is CN=CC(=CN)Nc1nccc(-c2ccc3c(c2)OCCC3NC(=O)c2cnc(C(C)(C)C)s2)n1. The number of nitrogens with two attached hydrogens (primary N) is 1. The van der Waals surface area contributed by atoms with Crippen molar-refractivity contribution in [3.8, 4) is 17.0 Å². The Labute approximate surface area is 208 Å². The molecule has 1 amide bonds. The summed E-state index contributed by atoms with van der Waals surface area (Å²) in [4.78, 5) is 30.7. The lowest BCUT2D eigenvalue weighted by atomic mass is 9.97. The Morgan fingerprint density at radius 1 is 1.29 bits per heavy atom. The molecule has 3 aromatic rings. The summed E-state index contributed by atoms with van der Waals surface area (Å²) in [5, 5.41) is 7.13. The largest absolute Gasteiger partial charge is 0.493 e. The van der Waals surface area contributed by atoms with Crippen molar-refractivity contribution in [2.75, 3.05) is 19.0 Å². The third kappa shape index (κ3) is 5.65. The number of hydrogen-bond donors (Lipinski definition) is 3. The molecule has 1 atom stereocenters. The Hall–Kier alpha value is -3.79. The molecule has 4 N–H and O–H groups in total. The van der Waals surface area contributed by atoms with Crippen molar-refractivity contribution >= 4 is 29.4 Å². The topological polar surface area (TPSA) is 127 Å². The van der Waals surface area contributed by atoms with Gasteiger partial charge in [0.05, 0.1) is 35.2 Å². The van der Waals surface area contributed by atoms with Crippen molar-refractivity contribution in [2.24, 2.45) is 10.7 Å². The van der Waals surface area contributed by atoms with E-state index in [1.165, 1.54) is 17.5 Å². The number of allylic oxidation sites excluding steroid dienone is 1. The van der Waals surface area contributed by atoms with Gasteiger partial charge >= 0.3 is 0 Å². The third-order valence-electron chi connectivity index (χ3n) is 5.38. The minimum atomic E-state index is -0.145. The zero-order valence-corrected chi connectivity index (χ0v) is 21.0. The Kier molecular flexibility index (Phi) is 7.11. The normalized spacial score (nSPS) is 16.0. The van der Waals surface area contributed by atoms with Crippen LogP contribution in [0.5, 0.6) is 5.75 Å². The van der Waals surface area contributed by atoms with Crippen LogP contribution in [0.4, 0.5) is 5.95 Å². The van der Waals surface area contributed by atoms with E-state index < -0.39 is 0 Å². The predicted octanol–water partition coefficient (Wildman–Crippen LogP) is 4.06. The van der Waals surface area contributed by atoms with Gasteiger partial charge in [-0.3, -0.25) is 9.79 Å². The highest BCUT2D eigenvalue weighted by molar-refractivity contribution is 7.13. The fraction of sp³-hybridized carbons (Fsp3) is 0.320. The summed E-state index contributed by atoms with van der Waals surface area (Å²) in [7, 11) is 1.66. The fourth-order valence-electron chi connectivity index (χ4n) is 3.62. The number of amides is 1. The zero-order chi connectivity index (χ0) is 25.0. The highest BCUT2D eigenvalue weighted by atomic mass is 32.1. The van der Waals surface area contributed by atoms with Gasteiger partial charge in [0, 0.05) is 48.6 Å². The Bertz CT molecular complexity index is 1280. The smallest absolute Gasteiger partial charge is 0.263 e. The number of nitrogens with one attached hydrogen (secondary N) is 2. The van der Waals surface area contributed by atoms with Gasteiger partial charge in [0.15, 0.2) is 0 Å². The fourth-order valence-corrected chi connectivity index (χ4v) is 4.50. The molecule has 9 nitrogen and oxygen atoms in total. The zero-order valence-electron chi connectivity index (χ0n) is 20.2. The first-order chi connectivity index (χ1) is 16.8. The maximum Gasteiger partial charge on any atom is 0.263 e. The molecule has 2 aromatic heterocycles. The van der Waals surface area contributed by atoms with Crippen LogP contribution in [0.25, 0.3) is 11.3 Å². The molecule has 0 radical (unpaired) electrons. The van der Waals surface area contributed by atoms with E-state index in [1.807, 2.05) is 24.3 Å². The number of thiazole rings is 1. The van der Waals surface area contributed by atoms with Gasteiger partial charge in [0.2, 0.25) is 5.95 Å². The second kappa shape index (κ2) is 10.2. The molecule has 1 aromatic carbocycles. The van der Waals surface area contributed by atoms with Crippen LogP contribution in [-0.2, 0) is 5.41 Å². The van der Waals surface area contributed by atoms with E-state index in [-0.39, 0.29) is 17.4 Å². The Morgan fingerprint density at radius 2 is 2.11 bits per heavy atom. The standard InChI is InChI=1S/C25H29N7O2S/c1-25(2,3)23-29-14-21(35-23)22(33)31-19-8-10-34-20-11-15(5-6-17(19)20)18-7-9-28-24(32-18)30-16(12-26)13-27-4/h5-7,9,11-14,19H,8,10,26H2,1-4H3,(H,31,33)(H,28,30,32). The number of aliphatic imine (C=N–C) groups is 1. The summed E-state index contributed by atoms with van der Waals surface area (Å²) in [5.74, 6) is 1.01. The van der Waals surface area contributed by atoms with E-state index >= 15 is 0 Å². The predicted molar refractivity (Wildman–Crippen MR) is 139 cm³/mol. The summed E-state index contributed by atoms with van der Waals surface area (Å²) in [5.41, 5.74) is 8.66. The number of carbonyl (C=O) groups excluding carboxylic acids is 1. The lowest BCUT2D eigenvalue weighted by Crippen LogP contribution is -2.31. The summed E-state index contributed by atoms with van der Waals surface area (Å²) < 4.78 is 5.93. The molecule has 3 heterocycles. The summed E-state index contributed by atoms with van der Waals surface area (Å²) in [6.45, 7) is 6.77. The van der Waals surface area contributed by atoms with E-state index in [4.69, 9.17) is 10.5 Å². The Morgan fingerprint density at radius 3 is 2.83 bits per heavy atom. The van der Waals surface area contributed by atoms with E-state index in [0.717, 1.165) is 27.6 Å².